The lowest BCUT2D eigenvalue weighted by molar-refractivity contribution is 0.340. The Labute approximate surface area is 105 Å². The molecule has 0 radical (unpaired) electrons. The molecule has 1 aromatic carbocycles. The van der Waals surface area contributed by atoms with Crippen molar-refractivity contribution in [3.05, 3.63) is 24.3 Å². The Morgan fingerprint density at radius 2 is 1.65 bits per heavy atom. The molecule has 1 aromatic rings. The van der Waals surface area contributed by atoms with E-state index in [1.807, 2.05) is 19.1 Å². The molecule has 0 unspecified atom stereocenters. The normalized spacial score (nSPS) is 10.6. The van der Waals surface area contributed by atoms with E-state index in [9.17, 15) is 0 Å². The zero-order valence-corrected chi connectivity index (χ0v) is 11.4. The first-order valence-corrected chi connectivity index (χ1v) is 6.22. The number of ether oxygens (including phenoxy) is 1. The molecule has 3 nitrogen and oxygen atoms in total. The van der Waals surface area contributed by atoms with E-state index in [1.165, 1.54) is 12.1 Å². The highest BCUT2D eigenvalue weighted by Crippen LogP contribution is 2.18. The van der Waals surface area contributed by atoms with Gasteiger partial charge in [-0.25, -0.2) is 0 Å². The first-order chi connectivity index (χ1) is 8.13. The summed E-state index contributed by atoms with van der Waals surface area (Å²) < 4.78 is 5.43. The monoisotopic (exact) mass is 236 g/mol. The first-order valence-electron chi connectivity index (χ1n) is 6.22. The summed E-state index contributed by atoms with van der Waals surface area (Å²) >= 11 is 0. The SMILES string of the molecule is CCOc1ccc(N(C)CCCN(C)C)cc1. The summed E-state index contributed by atoms with van der Waals surface area (Å²) in [6, 6.07) is 8.28. The summed E-state index contributed by atoms with van der Waals surface area (Å²) in [4.78, 5) is 4.49. The third-order valence-corrected chi connectivity index (χ3v) is 2.69. The van der Waals surface area contributed by atoms with Gasteiger partial charge in [0.05, 0.1) is 6.61 Å². The highest BCUT2D eigenvalue weighted by atomic mass is 16.5. The lowest BCUT2D eigenvalue weighted by Gasteiger charge is -2.20. The average Bonchev–Trinajstić information content (AvgIpc) is 2.30. The third-order valence-electron chi connectivity index (χ3n) is 2.69. The van der Waals surface area contributed by atoms with Gasteiger partial charge >= 0.3 is 0 Å². The van der Waals surface area contributed by atoms with Crippen molar-refractivity contribution >= 4 is 5.69 Å². The average molecular weight is 236 g/mol. The smallest absolute Gasteiger partial charge is 0.119 e. The second-order valence-corrected chi connectivity index (χ2v) is 4.51. The molecule has 0 aliphatic heterocycles. The predicted molar refractivity (Wildman–Crippen MR) is 74.1 cm³/mol. The van der Waals surface area contributed by atoms with Crippen LogP contribution in [0.2, 0.25) is 0 Å². The van der Waals surface area contributed by atoms with E-state index in [0.29, 0.717) is 0 Å². The molecule has 0 aromatic heterocycles. The molecule has 0 amide bonds. The van der Waals surface area contributed by atoms with Crippen LogP contribution in [-0.2, 0) is 0 Å². The fourth-order valence-electron chi connectivity index (χ4n) is 1.72. The minimum Gasteiger partial charge on any atom is -0.494 e. The van der Waals surface area contributed by atoms with Crippen LogP contribution in [0.15, 0.2) is 24.3 Å². The maximum Gasteiger partial charge on any atom is 0.119 e. The Morgan fingerprint density at radius 3 is 2.18 bits per heavy atom. The molecule has 0 spiro atoms. The van der Waals surface area contributed by atoms with Crippen molar-refractivity contribution in [2.24, 2.45) is 0 Å². The van der Waals surface area contributed by atoms with Crippen molar-refractivity contribution < 1.29 is 4.74 Å². The zero-order chi connectivity index (χ0) is 12.7. The lowest BCUT2D eigenvalue weighted by atomic mass is 10.2. The lowest BCUT2D eigenvalue weighted by Crippen LogP contribution is -2.23. The van der Waals surface area contributed by atoms with Crippen LogP contribution >= 0.6 is 0 Å². The molecule has 0 fully saturated rings. The highest BCUT2D eigenvalue weighted by Gasteiger charge is 2.01. The number of nitrogens with zero attached hydrogens (tertiary/aromatic N) is 2. The number of hydrogen-bond donors (Lipinski definition) is 0. The molecule has 0 N–H and O–H groups in total. The highest BCUT2D eigenvalue weighted by molar-refractivity contribution is 5.48. The summed E-state index contributed by atoms with van der Waals surface area (Å²) in [6.45, 7) is 4.92. The van der Waals surface area contributed by atoms with Crippen LogP contribution in [0.3, 0.4) is 0 Å². The van der Waals surface area contributed by atoms with E-state index < -0.39 is 0 Å². The molecule has 0 aliphatic rings. The number of benzene rings is 1. The Kier molecular flexibility index (Phi) is 5.84. The van der Waals surface area contributed by atoms with Gasteiger partial charge in [-0.2, -0.15) is 0 Å². The van der Waals surface area contributed by atoms with Crippen LogP contribution in [0, 0.1) is 0 Å². The minimum absolute atomic E-state index is 0.720. The standard InChI is InChI=1S/C14H24N2O/c1-5-17-14-9-7-13(8-10-14)16(4)12-6-11-15(2)3/h7-10H,5-6,11-12H2,1-4H3. The molecule has 17 heavy (non-hydrogen) atoms. The second-order valence-electron chi connectivity index (χ2n) is 4.51. The molecule has 0 saturated carbocycles. The van der Waals surface area contributed by atoms with Gasteiger partial charge in [-0.05, 0) is 58.3 Å². The van der Waals surface area contributed by atoms with E-state index in [1.54, 1.807) is 0 Å². The Bertz CT molecular complexity index is 309. The van der Waals surface area contributed by atoms with Gasteiger partial charge in [0, 0.05) is 19.3 Å². The van der Waals surface area contributed by atoms with E-state index in [-0.39, 0.29) is 0 Å². The fourth-order valence-corrected chi connectivity index (χ4v) is 1.72. The summed E-state index contributed by atoms with van der Waals surface area (Å²) in [7, 11) is 6.35. The molecule has 1 rings (SSSR count). The van der Waals surface area contributed by atoms with E-state index >= 15 is 0 Å². The Morgan fingerprint density at radius 1 is 1.00 bits per heavy atom. The van der Waals surface area contributed by atoms with E-state index in [4.69, 9.17) is 4.74 Å². The van der Waals surface area contributed by atoms with Crippen molar-refractivity contribution in [3.63, 3.8) is 0 Å². The zero-order valence-electron chi connectivity index (χ0n) is 11.4. The fraction of sp³-hybridized carbons (Fsp3) is 0.571. The van der Waals surface area contributed by atoms with E-state index in [0.717, 1.165) is 25.4 Å². The van der Waals surface area contributed by atoms with Gasteiger partial charge < -0.3 is 14.5 Å². The number of anilines is 1. The summed E-state index contributed by atoms with van der Waals surface area (Å²) in [5.74, 6) is 0.943. The Hall–Kier alpha value is -1.22. The van der Waals surface area contributed by atoms with Crippen LogP contribution in [-0.4, -0.2) is 45.7 Å². The largest absolute Gasteiger partial charge is 0.494 e. The van der Waals surface area contributed by atoms with Crippen LogP contribution < -0.4 is 9.64 Å². The van der Waals surface area contributed by atoms with Crippen molar-refractivity contribution in [2.75, 3.05) is 45.7 Å². The number of hydrogen-bond acceptors (Lipinski definition) is 3. The summed E-state index contributed by atoms with van der Waals surface area (Å²) in [5.41, 5.74) is 1.24. The van der Waals surface area contributed by atoms with Crippen LogP contribution in [0.4, 0.5) is 5.69 Å². The van der Waals surface area contributed by atoms with Crippen LogP contribution in [0.5, 0.6) is 5.75 Å². The molecule has 96 valence electrons. The molecule has 0 atom stereocenters. The molecule has 0 bridgehead atoms. The van der Waals surface area contributed by atoms with E-state index in [2.05, 4.69) is 43.1 Å². The Balaban J connectivity index is 2.43. The maximum absolute atomic E-state index is 5.43. The second kappa shape index (κ2) is 7.17. The molecule has 0 heterocycles. The van der Waals surface area contributed by atoms with Crippen molar-refractivity contribution in [1.29, 1.82) is 0 Å². The van der Waals surface area contributed by atoms with Gasteiger partial charge in [0.1, 0.15) is 5.75 Å². The van der Waals surface area contributed by atoms with Crippen molar-refractivity contribution in [3.8, 4) is 5.75 Å². The summed E-state index contributed by atoms with van der Waals surface area (Å²) in [6.07, 6.45) is 1.18. The van der Waals surface area contributed by atoms with Gasteiger partial charge in [0.25, 0.3) is 0 Å². The van der Waals surface area contributed by atoms with Crippen molar-refractivity contribution in [2.45, 2.75) is 13.3 Å². The molecular weight excluding hydrogens is 212 g/mol. The predicted octanol–water partition coefficient (Wildman–Crippen LogP) is 2.47. The molecule has 3 heteroatoms. The van der Waals surface area contributed by atoms with Gasteiger partial charge in [-0.15, -0.1) is 0 Å². The van der Waals surface area contributed by atoms with Gasteiger partial charge in [0.2, 0.25) is 0 Å². The number of rotatable bonds is 7. The van der Waals surface area contributed by atoms with Gasteiger partial charge in [0.15, 0.2) is 0 Å². The first kappa shape index (κ1) is 13.8. The van der Waals surface area contributed by atoms with Gasteiger partial charge in [-0.3, -0.25) is 0 Å². The molecule has 0 aliphatic carbocycles. The topological polar surface area (TPSA) is 15.7 Å². The van der Waals surface area contributed by atoms with Crippen molar-refractivity contribution in [1.82, 2.24) is 4.90 Å². The minimum atomic E-state index is 0.720. The third kappa shape index (κ3) is 5.09. The molecular formula is C14H24N2O. The van der Waals surface area contributed by atoms with Crippen LogP contribution in [0.25, 0.3) is 0 Å². The molecule has 0 saturated heterocycles. The van der Waals surface area contributed by atoms with Gasteiger partial charge in [-0.1, -0.05) is 0 Å². The quantitative estimate of drug-likeness (QED) is 0.723. The summed E-state index contributed by atoms with van der Waals surface area (Å²) in [5, 5.41) is 0. The maximum atomic E-state index is 5.43. The van der Waals surface area contributed by atoms with Crippen LogP contribution in [0.1, 0.15) is 13.3 Å².